The predicted octanol–water partition coefficient (Wildman–Crippen LogP) is 2.58. The van der Waals surface area contributed by atoms with Crippen LogP contribution < -0.4 is 15.1 Å². The number of nitrogens with zero attached hydrogens (tertiary/aromatic N) is 2. The summed E-state index contributed by atoms with van der Waals surface area (Å²) in [6.45, 7) is 2.93. The van der Waals surface area contributed by atoms with Crippen LogP contribution in [0.4, 0.5) is 29.1 Å². The molecule has 1 aliphatic heterocycles. The normalized spacial score (nSPS) is 17.0. The molecule has 14 heteroatoms. The van der Waals surface area contributed by atoms with Gasteiger partial charge < -0.3 is 15.5 Å². The van der Waals surface area contributed by atoms with Crippen molar-refractivity contribution in [2.75, 3.05) is 22.9 Å². The zero-order valence-electron chi connectivity index (χ0n) is 15.4. The maximum absolute atomic E-state index is 14.7. The highest BCUT2D eigenvalue weighted by molar-refractivity contribution is 7.92. The van der Waals surface area contributed by atoms with E-state index in [9.17, 15) is 30.8 Å². The van der Waals surface area contributed by atoms with Crippen LogP contribution in [0.3, 0.4) is 0 Å². The average Bonchev–Trinajstić information content (AvgIpc) is 3.35. The van der Waals surface area contributed by atoms with Gasteiger partial charge in [0.2, 0.25) is 0 Å². The molecule has 8 nitrogen and oxygen atoms in total. The molecule has 3 rings (SSSR count). The molecule has 30 heavy (non-hydrogen) atoms. The van der Waals surface area contributed by atoms with Gasteiger partial charge in [-0.3, -0.25) is 0 Å². The van der Waals surface area contributed by atoms with Crippen LogP contribution in [0.1, 0.15) is 12.0 Å². The van der Waals surface area contributed by atoms with E-state index in [1.54, 1.807) is 0 Å². The van der Waals surface area contributed by atoms with Crippen molar-refractivity contribution in [3.63, 3.8) is 0 Å². The molecule has 1 aliphatic rings. The monoisotopic (exact) mass is 468 g/mol. The molecule has 1 aromatic heterocycles. The Labute approximate surface area is 172 Å². The zero-order valence-corrected chi connectivity index (χ0v) is 17.0. The third kappa shape index (κ3) is 4.65. The number of hydrogen-bond donors (Lipinski definition) is 2. The molecule has 1 atom stereocenters. The van der Waals surface area contributed by atoms with Gasteiger partial charge in [-0.25, -0.2) is 14.2 Å². The number of aryl methyl sites for hydroxylation is 1. The summed E-state index contributed by atoms with van der Waals surface area (Å²) in [4.78, 5) is 17.9. The largest absolute Gasteiger partial charge is 0.493 e. The highest BCUT2D eigenvalue weighted by Crippen LogP contribution is 2.31. The van der Waals surface area contributed by atoms with Crippen molar-refractivity contribution < 1.29 is 35.6 Å². The van der Waals surface area contributed by atoms with E-state index in [1.807, 2.05) is 0 Å². The second-order valence-corrected chi connectivity index (χ2v) is 8.83. The summed E-state index contributed by atoms with van der Waals surface area (Å²) in [5.74, 6) is -4.63. The van der Waals surface area contributed by atoms with Gasteiger partial charge in [0.25, 0.3) is 10.0 Å². The minimum absolute atomic E-state index is 0.0183. The molecule has 2 heterocycles. The molecule has 1 saturated heterocycles. The second kappa shape index (κ2) is 8.35. The Morgan fingerprint density at radius 3 is 2.70 bits per heavy atom. The van der Waals surface area contributed by atoms with Crippen LogP contribution >= 0.6 is 11.3 Å². The fraction of sp³-hybridized carbons (Fsp3) is 0.375. The summed E-state index contributed by atoms with van der Waals surface area (Å²) in [6, 6.07) is 1.91. The molecule has 0 aliphatic carbocycles. The van der Waals surface area contributed by atoms with Crippen LogP contribution in [0.25, 0.3) is 0 Å². The minimum atomic E-state index is -5.47. The fourth-order valence-corrected chi connectivity index (χ4v) is 4.63. The third-order valence-corrected chi connectivity index (χ3v) is 6.34. The summed E-state index contributed by atoms with van der Waals surface area (Å²) in [7, 11) is -5.06. The van der Waals surface area contributed by atoms with Crippen LogP contribution in [-0.2, 0) is 19.7 Å². The van der Waals surface area contributed by atoms with Gasteiger partial charge in [-0.2, -0.15) is 21.6 Å². The average molecular weight is 468 g/mol. The molecule has 164 valence electrons. The molecular formula is C16H16F4N4O4S2. The van der Waals surface area contributed by atoms with E-state index in [4.69, 9.17) is 0 Å². The van der Waals surface area contributed by atoms with Crippen LogP contribution in [0.15, 0.2) is 27.9 Å². The highest BCUT2D eigenvalue weighted by atomic mass is 32.2. The Bertz CT molecular complexity index is 1020. The first-order valence-corrected chi connectivity index (χ1v) is 10.9. The number of halogens is 4. The first-order chi connectivity index (χ1) is 14.0. The number of hydrogen-bond acceptors (Lipinski definition) is 8. The van der Waals surface area contributed by atoms with Crippen LogP contribution in [-0.4, -0.2) is 44.7 Å². The molecule has 1 fully saturated rings. The van der Waals surface area contributed by atoms with E-state index >= 15 is 0 Å². The van der Waals surface area contributed by atoms with Gasteiger partial charge in [-0.15, -0.1) is 11.3 Å². The molecule has 0 radical (unpaired) electrons. The number of alkyl halides is 3. The standard InChI is InChI=1S/C16H16F4N4O4S2/c1-9-4-13(11(17)5-12(9)23-10-2-3-21-6-10)30(26,27)24(14-7-29-8-22-14)28-15(25)16(18,19)20/h4-5,7-8,10,21,23H,2-3,6H2,1H3/t10-/m0/s1. The Hall–Kier alpha value is -2.45. The quantitative estimate of drug-likeness (QED) is 0.497. The number of carbonyl (C=O) groups excluding carboxylic acids is 1. The smallest absolute Gasteiger partial charge is 0.381 e. The second-order valence-electron chi connectivity index (χ2n) is 6.39. The molecule has 0 saturated carbocycles. The van der Waals surface area contributed by atoms with Crippen molar-refractivity contribution in [3.05, 3.63) is 34.4 Å². The number of anilines is 2. The molecule has 0 spiro atoms. The maximum atomic E-state index is 14.7. The molecule has 0 amide bonds. The molecule has 0 bridgehead atoms. The van der Waals surface area contributed by atoms with Gasteiger partial charge in [0.05, 0.1) is 5.51 Å². The maximum Gasteiger partial charge on any atom is 0.493 e. The Morgan fingerprint density at radius 1 is 1.40 bits per heavy atom. The van der Waals surface area contributed by atoms with E-state index in [2.05, 4.69) is 20.5 Å². The van der Waals surface area contributed by atoms with Crippen molar-refractivity contribution in [1.82, 2.24) is 10.3 Å². The Morgan fingerprint density at radius 2 is 2.13 bits per heavy atom. The lowest BCUT2D eigenvalue weighted by atomic mass is 10.1. The van der Waals surface area contributed by atoms with E-state index in [0.717, 1.165) is 47.3 Å². The van der Waals surface area contributed by atoms with E-state index in [0.29, 0.717) is 17.8 Å². The van der Waals surface area contributed by atoms with Crippen molar-refractivity contribution in [3.8, 4) is 0 Å². The Kier molecular flexibility index (Phi) is 6.19. The SMILES string of the molecule is Cc1cc(S(=O)(=O)N(OC(=O)C(F)(F)F)c2cscn2)c(F)cc1N[C@H]1CCNC1. The van der Waals surface area contributed by atoms with Crippen LogP contribution in [0.5, 0.6) is 0 Å². The summed E-state index contributed by atoms with van der Waals surface area (Å²) >= 11 is 0.842. The van der Waals surface area contributed by atoms with Gasteiger partial charge >= 0.3 is 12.1 Å². The topological polar surface area (TPSA) is 101 Å². The first-order valence-electron chi connectivity index (χ1n) is 8.50. The summed E-state index contributed by atoms with van der Waals surface area (Å²) < 4.78 is 78.1. The van der Waals surface area contributed by atoms with Gasteiger partial charge in [-0.1, -0.05) is 4.47 Å². The zero-order chi connectivity index (χ0) is 22.1. The van der Waals surface area contributed by atoms with Gasteiger partial charge in [0.1, 0.15) is 10.7 Å². The van der Waals surface area contributed by atoms with Crippen molar-refractivity contribution in [1.29, 1.82) is 0 Å². The van der Waals surface area contributed by atoms with E-state index in [-0.39, 0.29) is 10.5 Å². The lowest BCUT2D eigenvalue weighted by molar-refractivity contribution is -0.199. The van der Waals surface area contributed by atoms with Crippen LogP contribution in [0.2, 0.25) is 0 Å². The number of aromatic nitrogens is 1. The fourth-order valence-electron chi connectivity index (χ4n) is 2.74. The molecule has 1 aromatic carbocycles. The molecular weight excluding hydrogens is 452 g/mol. The van der Waals surface area contributed by atoms with E-state index < -0.39 is 38.7 Å². The van der Waals surface area contributed by atoms with E-state index in [1.165, 1.54) is 6.92 Å². The summed E-state index contributed by atoms with van der Waals surface area (Å²) in [5, 5.41) is 7.24. The van der Waals surface area contributed by atoms with Crippen LogP contribution in [0, 0.1) is 12.7 Å². The summed E-state index contributed by atoms with van der Waals surface area (Å²) in [5.41, 5.74) is 1.79. The van der Waals surface area contributed by atoms with Gasteiger partial charge in [-0.05, 0) is 37.6 Å². The summed E-state index contributed by atoms with van der Waals surface area (Å²) in [6.07, 6.45) is -4.69. The van der Waals surface area contributed by atoms with Crippen molar-refractivity contribution in [2.24, 2.45) is 0 Å². The number of carbonyl (C=O) groups is 1. The number of nitrogens with one attached hydrogen (secondary N) is 2. The van der Waals surface area contributed by atoms with Crippen molar-refractivity contribution >= 4 is 38.8 Å². The van der Waals surface area contributed by atoms with Gasteiger partial charge in [0.15, 0.2) is 5.82 Å². The number of sulfonamides is 1. The molecule has 2 aromatic rings. The third-order valence-electron chi connectivity index (χ3n) is 4.20. The van der Waals surface area contributed by atoms with Crippen molar-refractivity contribution in [2.45, 2.75) is 30.5 Å². The lowest BCUT2D eigenvalue weighted by Crippen LogP contribution is -2.39. The predicted molar refractivity (Wildman–Crippen MR) is 100.0 cm³/mol. The number of thiazole rings is 1. The van der Waals surface area contributed by atoms with Gasteiger partial charge in [0, 0.05) is 23.7 Å². The Balaban J connectivity index is 1.98. The first kappa shape index (κ1) is 22.2. The highest BCUT2D eigenvalue weighted by Gasteiger charge is 2.45. The number of rotatable bonds is 6. The minimum Gasteiger partial charge on any atom is -0.381 e. The molecule has 0 unspecified atom stereocenters. The number of benzene rings is 1. The molecule has 2 N–H and O–H groups in total. The lowest BCUT2D eigenvalue weighted by Gasteiger charge is -2.22.